The lowest BCUT2D eigenvalue weighted by atomic mass is 9.92. The zero-order valence-electron chi connectivity index (χ0n) is 21.6. The van der Waals surface area contributed by atoms with Crippen LogP contribution in [0.4, 0.5) is 0 Å². The van der Waals surface area contributed by atoms with E-state index in [1.54, 1.807) is 11.6 Å². The lowest BCUT2D eigenvalue weighted by molar-refractivity contribution is 0.131. The standard InChI is InChI=1S/C27H36N6O2/c1-17(2)20-12-23-22(11-21(20)18-10-24(35-6)25-28-16-29-32(25)13-18)30-26(34)33(23)19-8-7-9-31(14-19)15-27(3,4)5/h10-13,16-17,19H,7-9,14-15H2,1-6H3,(H,30,34)/t19-/m1/s1. The number of fused-ring (bicyclic) bond motifs is 2. The van der Waals surface area contributed by atoms with Crippen LogP contribution in [0.3, 0.4) is 0 Å². The highest BCUT2D eigenvalue weighted by atomic mass is 16.5. The maximum atomic E-state index is 13.2. The Morgan fingerprint density at radius 3 is 2.74 bits per heavy atom. The van der Waals surface area contributed by atoms with Crippen LogP contribution in [0.1, 0.15) is 65.0 Å². The normalized spacial score (nSPS) is 17.6. The van der Waals surface area contributed by atoms with Gasteiger partial charge in [0.1, 0.15) is 6.33 Å². The van der Waals surface area contributed by atoms with Crippen LogP contribution >= 0.6 is 0 Å². The van der Waals surface area contributed by atoms with Crippen LogP contribution in [-0.4, -0.2) is 55.8 Å². The third-order valence-corrected chi connectivity index (χ3v) is 6.93. The second-order valence-corrected chi connectivity index (χ2v) is 11.3. The summed E-state index contributed by atoms with van der Waals surface area (Å²) in [5.41, 5.74) is 5.97. The van der Waals surface area contributed by atoms with E-state index < -0.39 is 0 Å². The Labute approximate surface area is 205 Å². The minimum atomic E-state index is -0.0289. The number of rotatable bonds is 5. The number of ether oxygens (including phenoxy) is 1. The summed E-state index contributed by atoms with van der Waals surface area (Å²) >= 11 is 0. The number of hydrogen-bond acceptors (Lipinski definition) is 5. The predicted molar refractivity (Wildman–Crippen MR) is 139 cm³/mol. The van der Waals surface area contributed by atoms with Crippen LogP contribution in [0.5, 0.6) is 5.75 Å². The van der Waals surface area contributed by atoms with Crippen LogP contribution in [0.25, 0.3) is 27.8 Å². The van der Waals surface area contributed by atoms with Crippen molar-refractivity contribution in [3.63, 3.8) is 0 Å². The first-order valence-corrected chi connectivity index (χ1v) is 12.5. The molecule has 1 fully saturated rings. The van der Waals surface area contributed by atoms with Crippen molar-refractivity contribution < 1.29 is 4.74 Å². The van der Waals surface area contributed by atoms with E-state index in [0.717, 1.165) is 54.6 Å². The van der Waals surface area contributed by atoms with Crippen molar-refractivity contribution in [2.24, 2.45) is 5.41 Å². The number of nitrogens with zero attached hydrogens (tertiary/aromatic N) is 5. The highest BCUT2D eigenvalue weighted by Crippen LogP contribution is 2.36. The molecule has 8 heteroatoms. The van der Waals surface area contributed by atoms with Crippen LogP contribution in [0.2, 0.25) is 0 Å². The van der Waals surface area contributed by atoms with Gasteiger partial charge in [-0.1, -0.05) is 34.6 Å². The lowest BCUT2D eigenvalue weighted by Gasteiger charge is -2.37. The van der Waals surface area contributed by atoms with Gasteiger partial charge in [0.25, 0.3) is 0 Å². The fourth-order valence-electron chi connectivity index (χ4n) is 5.53. The summed E-state index contributed by atoms with van der Waals surface area (Å²) in [5.74, 6) is 0.941. The molecule has 0 spiro atoms. The summed E-state index contributed by atoms with van der Waals surface area (Å²) in [6.07, 6.45) is 5.62. The number of imidazole rings is 1. The topological polar surface area (TPSA) is 80.5 Å². The number of nitrogens with one attached hydrogen (secondary N) is 1. The highest BCUT2D eigenvalue weighted by Gasteiger charge is 2.27. The molecule has 1 aliphatic heterocycles. The zero-order valence-corrected chi connectivity index (χ0v) is 21.6. The van der Waals surface area contributed by atoms with Crippen molar-refractivity contribution in [2.75, 3.05) is 26.7 Å². The average molecular weight is 477 g/mol. The average Bonchev–Trinajstić information content (AvgIpc) is 3.39. The Balaban J connectivity index is 1.61. The van der Waals surface area contributed by atoms with Gasteiger partial charge in [-0.05, 0) is 60.0 Å². The van der Waals surface area contributed by atoms with Crippen LogP contribution in [0, 0.1) is 5.41 Å². The third-order valence-electron chi connectivity index (χ3n) is 6.93. The van der Waals surface area contributed by atoms with Gasteiger partial charge in [0.15, 0.2) is 11.4 Å². The number of aromatic amines is 1. The van der Waals surface area contributed by atoms with Crippen molar-refractivity contribution in [1.82, 2.24) is 29.0 Å². The van der Waals surface area contributed by atoms with E-state index in [1.165, 1.54) is 11.9 Å². The molecule has 8 nitrogen and oxygen atoms in total. The van der Waals surface area contributed by atoms with Gasteiger partial charge in [0, 0.05) is 24.8 Å². The summed E-state index contributed by atoms with van der Waals surface area (Å²) in [5, 5.41) is 4.32. The van der Waals surface area contributed by atoms with Gasteiger partial charge >= 0.3 is 5.69 Å². The van der Waals surface area contributed by atoms with E-state index >= 15 is 0 Å². The Bertz CT molecular complexity index is 1420. The molecule has 0 radical (unpaired) electrons. The Kier molecular flexibility index (Phi) is 5.95. The van der Waals surface area contributed by atoms with Crippen molar-refractivity contribution >= 4 is 16.7 Å². The molecular weight excluding hydrogens is 440 g/mol. The van der Waals surface area contributed by atoms with E-state index in [0.29, 0.717) is 11.4 Å². The Morgan fingerprint density at radius 2 is 2.03 bits per heavy atom. The first-order chi connectivity index (χ1) is 16.6. The second-order valence-electron chi connectivity index (χ2n) is 11.3. The molecule has 1 aliphatic rings. The molecule has 0 aliphatic carbocycles. The molecule has 4 heterocycles. The summed E-state index contributed by atoms with van der Waals surface area (Å²) in [7, 11) is 1.64. The Hall–Kier alpha value is -3.13. The summed E-state index contributed by atoms with van der Waals surface area (Å²) < 4.78 is 9.33. The summed E-state index contributed by atoms with van der Waals surface area (Å²) in [6, 6.07) is 6.48. The molecule has 0 unspecified atom stereocenters. The van der Waals surface area contributed by atoms with Gasteiger partial charge in [0.05, 0.1) is 24.2 Å². The molecule has 1 saturated heterocycles. The fourth-order valence-corrected chi connectivity index (χ4v) is 5.53. The molecule has 4 aromatic rings. The van der Waals surface area contributed by atoms with Gasteiger partial charge < -0.3 is 14.6 Å². The maximum absolute atomic E-state index is 13.2. The SMILES string of the molecule is COc1cc(-c2cc3[nH]c(=O)n([C@@H]4CCCN(CC(C)(C)C)C4)c3cc2C(C)C)cn2ncnc12. The molecule has 0 bridgehead atoms. The van der Waals surface area contributed by atoms with Gasteiger partial charge in [-0.15, -0.1) is 0 Å². The molecule has 1 N–H and O–H groups in total. The lowest BCUT2D eigenvalue weighted by Crippen LogP contribution is -2.42. The van der Waals surface area contributed by atoms with Gasteiger partial charge in [-0.25, -0.2) is 14.3 Å². The maximum Gasteiger partial charge on any atom is 0.326 e. The van der Waals surface area contributed by atoms with E-state index in [4.69, 9.17) is 4.74 Å². The zero-order chi connectivity index (χ0) is 24.9. The van der Waals surface area contributed by atoms with Gasteiger partial charge in [0.2, 0.25) is 0 Å². The molecule has 5 rings (SSSR count). The number of methoxy groups -OCH3 is 1. The van der Waals surface area contributed by atoms with Crippen molar-refractivity contribution in [3.05, 3.63) is 46.8 Å². The first kappa shape index (κ1) is 23.6. The van der Waals surface area contributed by atoms with Crippen molar-refractivity contribution in [3.8, 4) is 16.9 Å². The van der Waals surface area contributed by atoms with Gasteiger partial charge in [-0.3, -0.25) is 4.57 Å². The fraction of sp³-hybridized carbons (Fsp3) is 0.519. The predicted octanol–water partition coefficient (Wildman–Crippen LogP) is 4.85. The number of benzene rings is 1. The number of pyridine rings is 1. The van der Waals surface area contributed by atoms with Crippen LogP contribution in [-0.2, 0) is 0 Å². The second kappa shape index (κ2) is 8.82. The molecule has 1 aromatic carbocycles. The molecule has 0 saturated carbocycles. The van der Waals surface area contributed by atoms with Gasteiger partial charge in [-0.2, -0.15) is 5.10 Å². The van der Waals surface area contributed by atoms with E-state index in [-0.39, 0.29) is 23.1 Å². The van der Waals surface area contributed by atoms with Crippen LogP contribution in [0.15, 0.2) is 35.5 Å². The number of H-pyrrole nitrogens is 1. The summed E-state index contributed by atoms with van der Waals surface area (Å²) in [6.45, 7) is 14.2. The largest absolute Gasteiger partial charge is 0.493 e. The smallest absolute Gasteiger partial charge is 0.326 e. The highest BCUT2D eigenvalue weighted by molar-refractivity contribution is 5.85. The molecule has 1 atom stereocenters. The number of likely N-dealkylation sites (tertiary alicyclic amines) is 1. The van der Waals surface area contributed by atoms with Crippen LogP contribution < -0.4 is 10.4 Å². The first-order valence-electron chi connectivity index (χ1n) is 12.5. The minimum absolute atomic E-state index is 0.0289. The van der Waals surface area contributed by atoms with E-state index in [9.17, 15) is 4.79 Å². The van der Waals surface area contributed by atoms with Crippen molar-refractivity contribution in [2.45, 2.75) is 59.4 Å². The molecule has 35 heavy (non-hydrogen) atoms. The number of aromatic nitrogens is 5. The minimum Gasteiger partial charge on any atom is -0.493 e. The summed E-state index contributed by atoms with van der Waals surface area (Å²) in [4.78, 5) is 23.2. The molecular formula is C27H36N6O2. The number of piperidine rings is 1. The molecule has 186 valence electrons. The third kappa shape index (κ3) is 4.47. The molecule has 0 amide bonds. The van der Waals surface area contributed by atoms with E-state index in [2.05, 4.69) is 66.7 Å². The monoisotopic (exact) mass is 476 g/mol. The quantitative estimate of drug-likeness (QED) is 0.445. The molecule has 3 aromatic heterocycles. The Morgan fingerprint density at radius 1 is 1.23 bits per heavy atom. The van der Waals surface area contributed by atoms with Crippen molar-refractivity contribution in [1.29, 1.82) is 0 Å². The number of hydrogen-bond donors (Lipinski definition) is 1. The van der Waals surface area contributed by atoms with E-state index in [1.807, 2.05) is 16.8 Å².